The Hall–Kier alpha value is -3.56. The van der Waals surface area contributed by atoms with Gasteiger partial charge in [-0.25, -0.2) is 8.78 Å². The SMILES string of the molecule is CCCCCc1ccc(C#Cc2ccc(C#Cc3cc(F)c(N=C=S)cc3F)cc2)cc1. The number of aliphatic imine (C=N–C) groups is 1. The van der Waals surface area contributed by atoms with Gasteiger partial charge in [-0.2, -0.15) is 4.99 Å². The quantitative estimate of drug-likeness (QED) is 0.176. The summed E-state index contributed by atoms with van der Waals surface area (Å²) in [5.74, 6) is 10.4. The standard InChI is InChI=1S/C28H21F2NS/c1-2-3-4-5-21-6-8-22(9-7-21)10-11-23-12-14-24(15-13-23)16-17-25-18-27(30)28(31-20-32)19-26(25)29/h6-9,12-15,18-19H,2-5H2,1H3. The van der Waals surface area contributed by atoms with E-state index in [2.05, 4.69) is 59.9 Å². The van der Waals surface area contributed by atoms with Crippen molar-refractivity contribution in [2.24, 2.45) is 4.99 Å². The fraction of sp³-hybridized carbons (Fsp3) is 0.179. The van der Waals surface area contributed by atoms with Crippen molar-refractivity contribution in [2.75, 3.05) is 0 Å². The van der Waals surface area contributed by atoms with E-state index >= 15 is 0 Å². The Morgan fingerprint density at radius 2 is 1.31 bits per heavy atom. The van der Waals surface area contributed by atoms with Gasteiger partial charge in [0.2, 0.25) is 0 Å². The van der Waals surface area contributed by atoms with Crippen molar-refractivity contribution in [3.05, 3.63) is 100 Å². The molecule has 0 bridgehead atoms. The zero-order valence-electron chi connectivity index (χ0n) is 17.7. The molecule has 0 N–H and O–H groups in total. The van der Waals surface area contributed by atoms with Crippen molar-refractivity contribution >= 4 is 23.1 Å². The molecule has 0 aliphatic rings. The maximum absolute atomic E-state index is 14.1. The highest BCUT2D eigenvalue weighted by Crippen LogP contribution is 2.21. The van der Waals surface area contributed by atoms with Gasteiger partial charge in [0.05, 0.1) is 10.7 Å². The van der Waals surface area contributed by atoms with Crippen molar-refractivity contribution in [2.45, 2.75) is 32.6 Å². The molecule has 158 valence electrons. The Labute approximate surface area is 193 Å². The molecule has 0 radical (unpaired) electrons. The molecule has 0 aromatic heterocycles. The predicted molar refractivity (Wildman–Crippen MR) is 129 cm³/mol. The predicted octanol–water partition coefficient (Wildman–Crippen LogP) is 7.23. The van der Waals surface area contributed by atoms with Crippen LogP contribution in [0.3, 0.4) is 0 Å². The number of hydrogen-bond donors (Lipinski definition) is 0. The van der Waals surface area contributed by atoms with Crippen LogP contribution in [0.4, 0.5) is 14.5 Å². The second-order valence-corrected chi connectivity index (χ2v) is 7.40. The molecule has 3 aromatic carbocycles. The molecule has 3 aromatic rings. The van der Waals surface area contributed by atoms with Crippen LogP contribution in [0.25, 0.3) is 0 Å². The molecule has 0 amide bonds. The molecule has 0 unspecified atom stereocenters. The lowest BCUT2D eigenvalue weighted by Crippen LogP contribution is -1.87. The maximum atomic E-state index is 14.1. The van der Waals surface area contributed by atoms with Gasteiger partial charge in [-0.15, -0.1) is 0 Å². The van der Waals surface area contributed by atoms with Crippen molar-refractivity contribution in [3.63, 3.8) is 0 Å². The molecule has 3 rings (SSSR count). The van der Waals surface area contributed by atoms with Gasteiger partial charge in [-0.3, -0.25) is 0 Å². The van der Waals surface area contributed by atoms with E-state index in [9.17, 15) is 8.78 Å². The van der Waals surface area contributed by atoms with Crippen LogP contribution in [-0.4, -0.2) is 5.16 Å². The number of hydrogen-bond acceptors (Lipinski definition) is 2. The van der Waals surface area contributed by atoms with Crippen LogP contribution in [0.15, 0.2) is 65.7 Å². The van der Waals surface area contributed by atoms with Crippen LogP contribution >= 0.6 is 12.2 Å². The second-order valence-electron chi connectivity index (χ2n) is 7.22. The Balaban J connectivity index is 1.67. The Kier molecular flexibility index (Phi) is 8.47. The number of unbranched alkanes of at least 4 members (excludes halogenated alkanes) is 2. The van der Waals surface area contributed by atoms with E-state index in [4.69, 9.17) is 0 Å². The lowest BCUT2D eigenvalue weighted by atomic mass is 10.1. The topological polar surface area (TPSA) is 12.4 Å². The monoisotopic (exact) mass is 441 g/mol. The van der Waals surface area contributed by atoms with Gasteiger partial charge in [0.1, 0.15) is 11.5 Å². The zero-order valence-corrected chi connectivity index (χ0v) is 18.5. The highest BCUT2D eigenvalue weighted by Gasteiger charge is 2.07. The number of nitrogens with zero attached hydrogens (tertiary/aromatic N) is 1. The molecule has 1 nitrogen and oxygen atoms in total. The minimum Gasteiger partial charge on any atom is -0.206 e. The fourth-order valence-corrected chi connectivity index (χ4v) is 3.12. The first-order valence-electron chi connectivity index (χ1n) is 10.4. The van der Waals surface area contributed by atoms with Crippen molar-refractivity contribution < 1.29 is 8.78 Å². The van der Waals surface area contributed by atoms with E-state index in [1.165, 1.54) is 24.8 Å². The highest BCUT2D eigenvalue weighted by molar-refractivity contribution is 7.78. The molecular formula is C28H21F2NS. The van der Waals surface area contributed by atoms with Crippen LogP contribution in [0.5, 0.6) is 0 Å². The third kappa shape index (κ3) is 6.73. The smallest absolute Gasteiger partial charge is 0.151 e. The van der Waals surface area contributed by atoms with Gasteiger partial charge < -0.3 is 0 Å². The number of isothiocyanates is 1. The summed E-state index contributed by atoms with van der Waals surface area (Å²) in [7, 11) is 0. The van der Waals surface area contributed by atoms with Gasteiger partial charge >= 0.3 is 0 Å². The Morgan fingerprint density at radius 1 is 0.750 bits per heavy atom. The molecule has 0 heterocycles. The average molecular weight is 442 g/mol. The molecule has 0 fully saturated rings. The van der Waals surface area contributed by atoms with Gasteiger partial charge in [-0.1, -0.05) is 55.6 Å². The lowest BCUT2D eigenvalue weighted by Gasteiger charge is -2.00. The van der Waals surface area contributed by atoms with Crippen LogP contribution in [0.2, 0.25) is 0 Å². The van der Waals surface area contributed by atoms with Crippen molar-refractivity contribution in [3.8, 4) is 23.7 Å². The van der Waals surface area contributed by atoms with Gasteiger partial charge in [-0.05, 0) is 73.1 Å². The van der Waals surface area contributed by atoms with Gasteiger partial charge in [0.25, 0.3) is 0 Å². The summed E-state index contributed by atoms with van der Waals surface area (Å²) >= 11 is 4.42. The molecule has 0 saturated carbocycles. The summed E-state index contributed by atoms with van der Waals surface area (Å²) in [6.45, 7) is 2.21. The molecule has 32 heavy (non-hydrogen) atoms. The molecular weight excluding hydrogens is 420 g/mol. The van der Waals surface area contributed by atoms with Gasteiger partial charge in [0, 0.05) is 22.8 Å². The third-order valence-electron chi connectivity index (χ3n) is 4.80. The minimum absolute atomic E-state index is 0.0483. The second kappa shape index (κ2) is 11.7. The summed E-state index contributed by atoms with van der Waals surface area (Å²) in [6.07, 6.45) is 4.79. The largest absolute Gasteiger partial charge is 0.206 e. The molecule has 0 aliphatic carbocycles. The zero-order chi connectivity index (χ0) is 22.8. The summed E-state index contributed by atoms with van der Waals surface area (Å²) in [6, 6.07) is 17.6. The number of aryl methyl sites for hydroxylation is 1. The van der Waals surface area contributed by atoms with Crippen molar-refractivity contribution in [1.29, 1.82) is 0 Å². The Bertz CT molecular complexity index is 1250. The molecule has 0 aliphatic heterocycles. The molecule has 0 atom stereocenters. The van der Waals surface area contributed by atoms with Crippen LogP contribution in [0.1, 0.15) is 54.0 Å². The summed E-state index contributed by atoms with van der Waals surface area (Å²) in [5.41, 5.74) is 3.58. The molecule has 4 heteroatoms. The first-order chi connectivity index (χ1) is 15.6. The van der Waals surface area contributed by atoms with E-state index in [0.29, 0.717) is 5.56 Å². The highest BCUT2D eigenvalue weighted by atomic mass is 32.1. The number of thiocarbonyl (C=S) groups is 1. The van der Waals surface area contributed by atoms with Crippen LogP contribution < -0.4 is 0 Å². The van der Waals surface area contributed by atoms with E-state index in [1.807, 2.05) is 29.4 Å². The fourth-order valence-electron chi connectivity index (χ4n) is 3.02. The average Bonchev–Trinajstić information content (AvgIpc) is 2.81. The van der Waals surface area contributed by atoms with Crippen LogP contribution in [-0.2, 0) is 6.42 Å². The van der Waals surface area contributed by atoms with Gasteiger partial charge in [0.15, 0.2) is 5.82 Å². The van der Waals surface area contributed by atoms with Crippen molar-refractivity contribution in [1.82, 2.24) is 0 Å². The van der Waals surface area contributed by atoms with E-state index in [-0.39, 0.29) is 11.3 Å². The number of rotatable bonds is 5. The van der Waals surface area contributed by atoms with Crippen LogP contribution in [0, 0.1) is 35.3 Å². The Morgan fingerprint density at radius 3 is 1.88 bits per heavy atom. The first kappa shape index (κ1) is 23.1. The normalized spacial score (nSPS) is 9.72. The first-order valence-corrected chi connectivity index (χ1v) is 10.8. The third-order valence-corrected chi connectivity index (χ3v) is 4.89. The number of halogens is 2. The molecule has 0 spiro atoms. The summed E-state index contributed by atoms with van der Waals surface area (Å²) in [5, 5.41) is 2.02. The van der Waals surface area contributed by atoms with E-state index < -0.39 is 11.6 Å². The van der Waals surface area contributed by atoms with E-state index in [1.54, 1.807) is 12.1 Å². The lowest BCUT2D eigenvalue weighted by molar-refractivity contribution is 0.599. The maximum Gasteiger partial charge on any atom is 0.151 e. The number of benzene rings is 3. The van der Waals surface area contributed by atoms with E-state index in [0.717, 1.165) is 29.7 Å². The summed E-state index contributed by atoms with van der Waals surface area (Å²) < 4.78 is 28.0. The summed E-state index contributed by atoms with van der Waals surface area (Å²) in [4.78, 5) is 3.48. The minimum atomic E-state index is -0.701. The molecule has 0 saturated heterocycles.